The van der Waals surface area contributed by atoms with Crippen molar-refractivity contribution in [2.75, 3.05) is 11.9 Å². The monoisotopic (exact) mass is 207 g/mol. The maximum Gasteiger partial charge on any atom is 0.252 e. The molecule has 2 N–H and O–H groups in total. The topological polar surface area (TPSA) is 57.8 Å². The fourth-order valence-electron chi connectivity index (χ4n) is 1.22. The Labute approximate surface area is 89.4 Å². The Morgan fingerprint density at radius 2 is 2.40 bits per heavy atom. The predicted molar refractivity (Wildman–Crippen MR) is 62.2 cm³/mol. The molecule has 82 valence electrons. The van der Waals surface area contributed by atoms with Gasteiger partial charge in [-0.2, -0.15) is 0 Å². The summed E-state index contributed by atoms with van der Waals surface area (Å²) in [7, 11) is 0. The molecule has 4 nitrogen and oxygen atoms in total. The van der Waals surface area contributed by atoms with Crippen LogP contribution in [0.1, 0.15) is 26.1 Å². The van der Waals surface area contributed by atoms with Crippen molar-refractivity contribution in [2.45, 2.75) is 26.7 Å². The molecule has 0 bridgehead atoms. The van der Waals surface area contributed by atoms with E-state index in [0.717, 1.165) is 25.2 Å². The lowest BCUT2D eigenvalue weighted by molar-refractivity contribution is 0.912. The molecule has 0 unspecified atom stereocenters. The number of H-pyrrole nitrogens is 1. The van der Waals surface area contributed by atoms with Crippen LogP contribution >= 0.6 is 0 Å². The Morgan fingerprint density at radius 1 is 1.60 bits per heavy atom. The molecule has 0 spiro atoms. The molecule has 1 heterocycles. The van der Waals surface area contributed by atoms with Crippen LogP contribution < -0.4 is 10.9 Å². The molecule has 4 heteroatoms. The van der Waals surface area contributed by atoms with E-state index in [0.29, 0.717) is 5.82 Å². The summed E-state index contributed by atoms with van der Waals surface area (Å²) in [4.78, 5) is 18.1. The Hall–Kier alpha value is -1.58. The maximum atomic E-state index is 11.2. The molecule has 0 amide bonds. The molecule has 0 saturated carbocycles. The third-order valence-electron chi connectivity index (χ3n) is 1.98. The number of nitrogens with zero attached hydrogens (tertiary/aromatic N) is 1. The van der Waals surface area contributed by atoms with Crippen LogP contribution in [0.3, 0.4) is 0 Å². The van der Waals surface area contributed by atoms with Gasteiger partial charge in [0.05, 0.1) is 0 Å². The highest BCUT2D eigenvalue weighted by Gasteiger charge is 1.97. The van der Waals surface area contributed by atoms with Gasteiger partial charge in [0, 0.05) is 19.0 Å². The highest BCUT2D eigenvalue weighted by molar-refractivity contribution is 5.32. The first-order chi connectivity index (χ1) is 7.26. The molecule has 1 rings (SSSR count). The van der Waals surface area contributed by atoms with Gasteiger partial charge in [-0.05, 0) is 13.3 Å². The van der Waals surface area contributed by atoms with E-state index in [1.807, 2.05) is 19.9 Å². The number of hydrogen-bond acceptors (Lipinski definition) is 3. The molecule has 0 aliphatic rings. The summed E-state index contributed by atoms with van der Waals surface area (Å²) in [5.74, 6) is 1.37. The second kappa shape index (κ2) is 6.01. The number of allylic oxidation sites excluding steroid dienone is 1. The molecule has 1 aromatic heterocycles. The van der Waals surface area contributed by atoms with Crippen LogP contribution in [-0.2, 0) is 6.42 Å². The van der Waals surface area contributed by atoms with Gasteiger partial charge in [-0.3, -0.25) is 4.79 Å². The van der Waals surface area contributed by atoms with Crippen molar-refractivity contribution in [1.82, 2.24) is 9.97 Å². The quantitative estimate of drug-likeness (QED) is 0.571. The van der Waals surface area contributed by atoms with Crippen LogP contribution in [0.4, 0.5) is 5.82 Å². The lowest BCUT2D eigenvalue weighted by Crippen LogP contribution is -2.13. The molecular weight excluding hydrogens is 190 g/mol. The average Bonchev–Trinajstić information content (AvgIpc) is 2.23. The van der Waals surface area contributed by atoms with Crippen LogP contribution in [0, 0.1) is 0 Å². The summed E-state index contributed by atoms with van der Waals surface area (Å²) in [5.41, 5.74) is -0.101. The lowest BCUT2D eigenvalue weighted by Gasteiger charge is -2.04. The summed E-state index contributed by atoms with van der Waals surface area (Å²) in [6.45, 7) is 4.74. The summed E-state index contributed by atoms with van der Waals surface area (Å²) in [6.07, 6.45) is 5.75. The van der Waals surface area contributed by atoms with E-state index in [1.165, 1.54) is 6.07 Å². The summed E-state index contributed by atoms with van der Waals surface area (Å²) in [6, 6.07) is 1.48. The second-order valence-electron chi connectivity index (χ2n) is 3.22. The fourth-order valence-corrected chi connectivity index (χ4v) is 1.22. The molecule has 0 radical (unpaired) electrons. The van der Waals surface area contributed by atoms with Gasteiger partial charge in [-0.15, -0.1) is 0 Å². The lowest BCUT2D eigenvalue weighted by atomic mass is 10.4. The van der Waals surface area contributed by atoms with Crippen molar-refractivity contribution in [3.8, 4) is 0 Å². The molecule has 0 aromatic carbocycles. The summed E-state index contributed by atoms with van der Waals surface area (Å²) < 4.78 is 0. The molecule has 0 saturated heterocycles. The molecule has 15 heavy (non-hydrogen) atoms. The van der Waals surface area contributed by atoms with E-state index >= 15 is 0 Å². The zero-order chi connectivity index (χ0) is 11.1. The summed E-state index contributed by atoms with van der Waals surface area (Å²) >= 11 is 0. The Balaban J connectivity index is 2.60. The Kier molecular flexibility index (Phi) is 4.60. The smallest absolute Gasteiger partial charge is 0.252 e. The number of nitrogens with one attached hydrogen (secondary N) is 2. The minimum absolute atomic E-state index is 0.101. The van der Waals surface area contributed by atoms with Crippen LogP contribution in [0.25, 0.3) is 0 Å². The largest absolute Gasteiger partial charge is 0.370 e. The van der Waals surface area contributed by atoms with Crippen LogP contribution in [0.5, 0.6) is 0 Å². The maximum absolute atomic E-state index is 11.2. The van der Waals surface area contributed by atoms with E-state index < -0.39 is 0 Å². The van der Waals surface area contributed by atoms with Gasteiger partial charge in [0.1, 0.15) is 11.6 Å². The third kappa shape index (κ3) is 3.97. The number of anilines is 1. The van der Waals surface area contributed by atoms with E-state index in [1.54, 1.807) is 0 Å². The first-order valence-electron chi connectivity index (χ1n) is 5.21. The summed E-state index contributed by atoms with van der Waals surface area (Å²) in [5, 5.41) is 3.11. The molecule has 0 aliphatic carbocycles. The third-order valence-corrected chi connectivity index (χ3v) is 1.98. The van der Waals surface area contributed by atoms with Crippen molar-refractivity contribution in [1.29, 1.82) is 0 Å². The minimum atomic E-state index is -0.101. The minimum Gasteiger partial charge on any atom is -0.370 e. The SMILES string of the molecule is C/C=C/CCNc1cc(=O)[nH]c(CC)n1. The van der Waals surface area contributed by atoms with Crippen molar-refractivity contribution in [3.05, 3.63) is 34.4 Å². The molecule has 0 fully saturated rings. The van der Waals surface area contributed by atoms with Gasteiger partial charge in [-0.1, -0.05) is 19.1 Å². The van der Waals surface area contributed by atoms with Gasteiger partial charge in [-0.25, -0.2) is 4.98 Å². The van der Waals surface area contributed by atoms with Crippen molar-refractivity contribution < 1.29 is 0 Å². The molecule has 0 aliphatic heterocycles. The van der Waals surface area contributed by atoms with Gasteiger partial charge in [0.2, 0.25) is 0 Å². The fraction of sp³-hybridized carbons (Fsp3) is 0.455. The van der Waals surface area contributed by atoms with Crippen LogP contribution in [0.2, 0.25) is 0 Å². The van der Waals surface area contributed by atoms with Crippen molar-refractivity contribution in [2.24, 2.45) is 0 Å². The zero-order valence-electron chi connectivity index (χ0n) is 9.21. The first-order valence-corrected chi connectivity index (χ1v) is 5.21. The molecular formula is C11H17N3O. The van der Waals surface area contributed by atoms with E-state index in [-0.39, 0.29) is 5.56 Å². The number of aromatic nitrogens is 2. The van der Waals surface area contributed by atoms with E-state index in [9.17, 15) is 4.79 Å². The first kappa shape index (κ1) is 11.5. The zero-order valence-corrected chi connectivity index (χ0v) is 9.21. The molecule has 0 atom stereocenters. The Morgan fingerprint density at radius 3 is 3.07 bits per heavy atom. The predicted octanol–water partition coefficient (Wildman–Crippen LogP) is 1.71. The number of aromatic amines is 1. The standard InChI is InChI=1S/C11H17N3O/c1-3-5-6-7-12-10-8-11(15)14-9(4-2)13-10/h3,5,8H,4,6-7H2,1-2H3,(H2,12,13,14,15)/b5-3+. The number of aryl methyl sites for hydroxylation is 1. The number of rotatable bonds is 5. The van der Waals surface area contributed by atoms with Gasteiger partial charge in [0.15, 0.2) is 0 Å². The van der Waals surface area contributed by atoms with Gasteiger partial charge >= 0.3 is 0 Å². The Bertz CT molecular complexity index is 382. The molecule has 1 aromatic rings. The average molecular weight is 207 g/mol. The normalized spacial score (nSPS) is 10.8. The highest BCUT2D eigenvalue weighted by atomic mass is 16.1. The number of hydrogen-bond donors (Lipinski definition) is 2. The van der Waals surface area contributed by atoms with E-state index in [2.05, 4.69) is 21.4 Å². The van der Waals surface area contributed by atoms with Crippen molar-refractivity contribution >= 4 is 5.82 Å². The van der Waals surface area contributed by atoms with Crippen LogP contribution in [0.15, 0.2) is 23.0 Å². The highest BCUT2D eigenvalue weighted by Crippen LogP contribution is 1.99. The van der Waals surface area contributed by atoms with E-state index in [4.69, 9.17) is 0 Å². The van der Waals surface area contributed by atoms with Gasteiger partial charge < -0.3 is 10.3 Å². The van der Waals surface area contributed by atoms with Gasteiger partial charge in [0.25, 0.3) is 5.56 Å². The van der Waals surface area contributed by atoms with Crippen LogP contribution in [-0.4, -0.2) is 16.5 Å². The second-order valence-corrected chi connectivity index (χ2v) is 3.22. The van der Waals surface area contributed by atoms with Crippen molar-refractivity contribution in [3.63, 3.8) is 0 Å².